The highest BCUT2D eigenvalue weighted by molar-refractivity contribution is 7.98. The largest absolute Gasteiger partial charge is 0.493 e. The van der Waals surface area contributed by atoms with E-state index in [9.17, 15) is 4.79 Å². The molecule has 0 bridgehead atoms. The number of benzene rings is 1. The lowest BCUT2D eigenvalue weighted by molar-refractivity contribution is -0.115. The van der Waals surface area contributed by atoms with Crippen molar-refractivity contribution in [3.63, 3.8) is 0 Å². The second-order valence-corrected chi connectivity index (χ2v) is 6.09. The Morgan fingerprint density at radius 3 is 3.00 bits per heavy atom. The molecule has 1 aliphatic rings. The number of methoxy groups -OCH3 is 1. The average Bonchev–Trinajstić information content (AvgIpc) is 3.04. The van der Waals surface area contributed by atoms with Crippen molar-refractivity contribution in [3.8, 4) is 11.5 Å². The van der Waals surface area contributed by atoms with E-state index in [0.717, 1.165) is 25.2 Å². The SMILES string of the molecule is COc1ccc(NC(=O)CCSC)cc1OC[C@H]1CCCO1. The highest BCUT2D eigenvalue weighted by Crippen LogP contribution is 2.31. The van der Waals surface area contributed by atoms with Gasteiger partial charge in [0.05, 0.1) is 13.2 Å². The van der Waals surface area contributed by atoms with Gasteiger partial charge < -0.3 is 19.5 Å². The van der Waals surface area contributed by atoms with E-state index in [4.69, 9.17) is 14.2 Å². The van der Waals surface area contributed by atoms with Gasteiger partial charge in [-0.1, -0.05) is 0 Å². The van der Waals surface area contributed by atoms with Crippen LogP contribution in [0.5, 0.6) is 11.5 Å². The summed E-state index contributed by atoms with van der Waals surface area (Å²) in [5, 5.41) is 2.88. The first-order valence-corrected chi connectivity index (χ1v) is 8.83. The summed E-state index contributed by atoms with van der Waals surface area (Å²) in [5.74, 6) is 2.09. The summed E-state index contributed by atoms with van der Waals surface area (Å²) >= 11 is 1.65. The molecule has 0 aromatic heterocycles. The minimum absolute atomic E-state index is 0.00425. The van der Waals surface area contributed by atoms with Crippen LogP contribution in [0.15, 0.2) is 18.2 Å². The van der Waals surface area contributed by atoms with E-state index >= 15 is 0 Å². The van der Waals surface area contributed by atoms with Crippen molar-refractivity contribution in [3.05, 3.63) is 18.2 Å². The summed E-state index contributed by atoms with van der Waals surface area (Å²) < 4.78 is 16.7. The van der Waals surface area contributed by atoms with E-state index in [2.05, 4.69) is 5.32 Å². The molecular weight excluding hydrogens is 302 g/mol. The molecule has 1 aromatic rings. The van der Waals surface area contributed by atoms with Crippen molar-refractivity contribution in [1.29, 1.82) is 0 Å². The highest BCUT2D eigenvalue weighted by atomic mass is 32.2. The number of nitrogens with one attached hydrogen (secondary N) is 1. The zero-order chi connectivity index (χ0) is 15.8. The van der Waals surface area contributed by atoms with Crippen LogP contribution in [0.25, 0.3) is 0 Å². The van der Waals surface area contributed by atoms with Crippen LogP contribution in [0.4, 0.5) is 5.69 Å². The quantitative estimate of drug-likeness (QED) is 0.796. The number of hydrogen-bond donors (Lipinski definition) is 1. The first-order valence-electron chi connectivity index (χ1n) is 7.44. The fourth-order valence-corrected chi connectivity index (χ4v) is 2.63. The second-order valence-electron chi connectivity index (χ2n) is 5.10. The maximum atomic E-state index is 11.8. The molecule has 0 unspecified atom stereocenters. The molecule has 1 atom stereocenters. The molecule has 1 fully saturated rings. The number of amides is 1. The Morgan fingerprint density at radius 1 is 1.45 bits per heavy atom. The molecule has 2 rings (SSSR count). The van der Waals surface area contributed by atoms with Gasteiger partial charge in [0.2, 0.25) is 5.91 Å². The summed E-state index contributed by atoms with van der Waals surface area (Å²) in [6.07, 6.45) is 4.73. The number of anilines is 1. The Hall–Kier alpha value is -1.40. The predicted octanol–water partition coefficient (Wildman–Crippen LogP) is 2.94. The molecule has 1 N–H and O–H groups in total. The van der Waals surface area contributed by atoms with Crippen molar-refractivity contribution < 1.29 is 19.0 Å². The van der Waals surface area contributed by atoms with E-state index in [1.165, 1.54) is 0 Å². The van der Waals surface area contributed by atoms with E-state index in [-0.39, 0.29) is 12.0 Å². The number of carbonyl (C=O) groups excluding carboxylic acids is 1. The number of rotatable bonds is 8. The maximum absolute atomic E-state index is 11.8. The van der Waals surface area contributed by atoms with Gasteiger partial charge in [-0.25, -0.2) is 0 Å². The maximum Gasteiger partial charge on any atom is 0.225 e. The summed E-state index contributed by atoms with van der Waals surface area (Å²) in [6, 6.07) is 5.41. The van der Waals surface area contributed by atoms with Gasteiger partial charge in [-0.2, -0.15) is 11.8 Å². The van der Waals surface area contributed by atoms with Crippen molar-refractivity contribution in [1.82, 2.24) is 0 Å². The Labute approximate surface area is 135 Å². The monoisotopic (exact) mass is 325 g/mol. The molecule has 122 valence electrons. The summed E-state index contributed by atoms with van der Waals surface area (Å²) in [4.78, 5) is 11.8. The van der Waals surface area contributed by atoms with Crippen LogP contribution in [-0.4, -0.2) is 44.3 Å². The third-order valence-corrected chi connectivity index (χ3v) is 4.04. The van der Waals surface area contributed by atoms with Gasteiger partial charge in [-0.3, -0.25) is 4.79 Å². The third kappa shape index (κ3) is 5.10. The molecule has 1 aliphatic heterocycles. The van der Waals surface area contributed by atoms with Crippen LogP contribution in [0, 0.1) is 0 Å². The number of ether oxygens (including phenoxy) is 3. The van der Waals surface area contributed by atoms with Crippen molar-refractivity contribution >= 4 is 23.4 Å². The normalized spacial score (nSPS) is 17.3. The van der Waals surface area contributed by atoms with Crippen LogP contribution < -0.4 is 14.8 Å². The zero-order valence-electron chi connectivity index (χ0n) is 13.1. The lowest BCUT2D eigenvalue weighted by atomic mass is 10.2. The fourth-order valence-electron chi connectivity index (χ4n) is 2.24. The molecular formula is C16H23NO4S. The molecule has 1 saturated heterocycles. The lowest BCUT2D eigenvalue weighted by Crippen LogP contribution is -2.17. The standard InChI is InChI=1S/C16H23NO4S/c1-19-14-6-5-12(17-16(18)7-9-22-2)10-15(14)21-11-13-4-3-8-20-13/h5-6,10,13H,3-4,7-9,11H2,1-2H3,(H,17,18)/t13-/m1/s1. The highest BCUT2D eigenvalue weighted by Gasteiger charge is 2.17. The van der Waals surface area contributed by atoms with Gasteiger partial charge in [-0.15, -0.1) is 0 Å². The minimum Gasteiger partial charge on any atom is -0.493 e. The van der Waals surface area contributed by atoms with Crippen molar-refractivity contribution in [2.75, 3.05) is 37.6 Å². The van der Waals surface area contributed by atoms with Crippen LogP contribution in [0.3, 0.4) is 0 Å². The zero-order valence-corrected chi connectivity index (χ0v) is 13.9. The van der Waals surface area contributed by atoms with Gasteiger partial charge >= 0.3 is 0 Å². The smallest absolute Gasteiger partial charge is 0.225 e. The van der Waals surface area contributed by atoms with E-state index < -0.39 is 0 Å². The predicted molar refractivity (Wildman–Crippen MR) is 89.1 cm³/mol. The summed E-state index contributed by atoms with van der Waals surface area (Å²) in [5.41, 5.74) is 0.717. The Bertz CT molecular complexity index is 489. The van der Waals surface area contributed by atoms with Crippen LogP contribution in [-0.2, 0) is 9.53 Å². The van der Waals surface area contributed by atoms with Crippen molar-refractivity contribution in [2.24, 2.45) is 0 Å². The average molecular weight is 325 g/mol. The first kappa shape index (κ1) is 17.0. The minimum atomic E-state index is 0.00425. The fraction of sp³-hybridized carbons (Fsp3) is 0.562. The van der Waals surface area contributed by atoms with Gasteiger partial charge in [-0.05, 0) is 31.2 Å². The Kier molecular flexibility index (Phi) is 6.86. The summed E-state index contributed by atoms with van der Waals surface area (Å²) in [6.45, 7) is 1.30. The van der Waals surface area contributed by atoms with Gasteiger partial charge in [0.25, 0.3) is 0 Å². The van der Waals surface area contributed by atoms with Crippen LogP contribution in [0.1, 0.15) is 19.3 Å². The second kappa shape index (κ2) is 8.90. The molecule has 0 saturated carbocycles. The Morgan fingerprint density at radius 2 is 2.32 bits per heavy atom. The molecule has 5 nitrogen and oxygen atoms in total. The molecule has 22 heavy (non-hydrogen) atoms. The topological polar surface area (TPSA) is 56.8 Å². The molecule has 0 radical (unpaired) electrons. The van der Waals surface area contributed by atoms with E-state index in [1.54, 1.807) is 31.0 Å². The molecule has 0 spiro atoms. The number of hydrogen-bond acceptors (Lipinski definition) is 5. The number of carbonyl (C=O) groups is 1. The summed E-state index contributed by atoms with van der Waals surface area (Å²) in [7, 11) is 1.60. The van der Waals surface area contributed by atoms with Crippen LogP contribution >= 0.6 is 11.8 Å². The van der Waals surface area contributed by atoms with Gasteiger partial charge in [0.15, 0.2) is 11.5 Å². The van der Waals surface area contributed by atoms with Gasteiger partial charge in [0.1, 0.15) is 6.61 Å². The third-order valence-electron chi connectivity index (χ3n) is 3.43. The molecule has 1 aromatic carbocycles. The molecule has 0 aliphatic carbocycles. The van der Waals surface area contributed by atoms with Crippen molar-refractivity contribution in [2.45, 2.75) is 25.4 Å². The lowest BCUT2D eigenvalue weighted by Gasteiger charge is -2.15. The molecule has 6 heteroatoms. The molecule has 1 heterocycles. The number of thioether (sulfide) groups is 1. The van der Waals surface area contributed by atoms with E-state index in [1.807, 2.05) is 12.3 Å². The van der Waals surface area contributed by atoms with E-state index in [0.29, 0.717) is 30.2 Å². The Balaban J connectivity index is 1.96. The first-order chi connectivity index (χ1) is 10.7. The van der Waals surface area contributed by atoms with Crippen LogP contribution in [0.2, 0.25) is 0 Å². The molecule has 1 amide bonds. The van der Waals surface area contributed by atoms with Gasteiger partial charge in [0, 0.05) is 30.5 Å².